The van der Waals surface area contributed by atoms with Gasteiger partial charge in [-0.3, -0.25) is 9.48 Å². The van der Waals surface area contributed by atoms with Crippen LogP contribution in [-0.2, 0) is 17.8 Å². The van der Waals surface area contributed by atoms with Gasteiger partial charge in [0.25, 0.3) is 0 Å². The van der Waals surface area contributed by atoms with E-state index < -0.39 is 0 Å². The number of aromatic nitrogens is 2. The van der Waals surface area contributed by atoms with Gasteiger partial charge >= 0.3 is 0 Å². The Morgan fingerprint density at radius 1 is 1.32 bits per heavy atom. The van der Waals surface area contributed by atoms with E-state index >= 15 is 0 Å². The lowest BCUT2D eigenvalue weighted by Crippen LogP contribution is -2.40. The topological polar surface area (TPSA) is 38.1 Å². The third-order valence-electron chi connectivity index (χ3n) is 4.96. The predicted octanol–water partition coefficient (Wildman–Crippen LogP) is 3.77. The van der Waals surface area contributed by atoms with Crippen LogP contribution in [0.3, 0.4) is 0 Å². The molecule has 1 aromatic carbocycles. The van der Waals surface area contributed by atoms with Crippen molar-refractivity contribution in [3.63, 3.8) is 0 Å². The molecule has 2 aromatic rings. The Kier molecular flexibility index (Phi) is 5.42. The van der Waals surface area contributed by atoms with Crippen LogP contribution in [0.5, 0.6) is 0 Å². The van der Waals surface area contributed by atoms with E-state index in [2.05, 4.69) is 5.10 Å². The van der Waals surface area contributed by atoms with Crippen LogP contribution in [-0.4, -0.2) is 33.7 Å². The normalized spacial score (nSPS) is 15.6. The minimum Gasteiger partial charge on any atom is -0.341 e. The number of rotatable bonds is 4. The van der Waals surface area contributed by atoms with Crippen LogP contribution < -0.4 is 0 Å². The molecule has 1 aliphatic rings. The summed E-state index contributed by atoms with van der Waals surface area (Å²) in [6.07, 6.45) is 2.76. The van der Waals surface area contributed by atoms with Crippen molar-refractivity contribution >= 4 is 17.5 Å². The fraction of sp³-hybridized carbons (Fsp3) is 0.474. The van der Waals surface area contributed by atoms with Crippen molar-refractivity contribution in [1.82, 2.24) is 14.7 Å². The number of likely N-dealkylation sites (tertiary alicyclic amines) is 1. The molecule has 1 fully saturated rings. The number of nitrogens with zero attached hydrogens (tertiary/aromatic N) is 3. The van der Waals surface area contributed by atoms with E-state index in [4.69, 9.17) is 11.6 Å². The van der Waals surface area contributed by atoms with Gasteiger partial charge in [-0.05, 0) is 56.7 Å². The molecule has 1 aliphatic heterocycles. The van der Waals surface area contributed by atoms with Gasteiger partial charge < -0.3 is 4.90 Å². The van der Waals surface area contributed by atoms with E-state index in [1.165, 1.54) is 6.07 Å². The second kappa shape index (κ2) is 7.56. The molecule has 2 heterocycles. The van der Waals surface area contributed by atoms with Gasteiger partial charge in [0.05, 0.1) is 16.4 Å². The standard InChI is InChI=1S/C19H23ClFN3O/c1-13-19(20)14(2)24(22-13)12-18(25)23-8-6-15(7-9-23)10-16-4-3-5-17(21)11-16/h3-5,11,15H,6-10,12H2,1-2H3. The summed E-state index contributed by atoms with van der Waals surface area (Å²) < 4.78 is 15.0. The van der Waals surface area contributed by atoms with Crippen LogP contribution in [0.1, 0.15) is 29.8 Å². The van der Waals surface area contributed by atoms with Gasteiger partial charge in [0.2, 0.25) is 5.91 Å². The maximum Gasteiger partial charge on any atom is 0.244 e. The number of piperidine rings is 1. The molecule has 0 bridgehead atoms. The zero-order chi connectivity index (χ0) is 18.0. The highest BCUT2D eigenvalue weighted by Crippen LogP contribution is 2.23. The monoisotopic (exact) mass is 363 g/mol. The van der Waals surface area contributed by atoms with Crippen molar-refractivity contribution in [3.05, 3.63) is 52.1 Å². The third kappa shape index (κ3) is 4.21. The molecule has 1 aromatic heterocycles. The van der Waals surface area contributed by atoms with Gasteiger partial charge in [-0.1, -0.05) is 23.7 Å². The first kappa shape index (κ1) is 17.9. The number of hydrogen-bond donors (Lipinski definition) is 0. The maximum atomic E-state index is 13.3. The minimum atomic E-state index is -0.186. The van der Waals surface area contributed by atoms with Gasteiger partial charge in [-0.15, -0.1) is 0 Å². The Balaban J connectivity index is 1.53. The first-order valence-corrected chi connectivity index (χ1v) is 9.03. The van der Waals surface area contributed by atoms with Gasteiger partial charge in [0, 0.05) is 13.1 Å². The average molecular weight is 364 g/mol. The number of carbonyl (C=O) groups is 1. The molecule has 0 spiro atoms. The second-order valence-corrected chi connectivity index (χ2v) is 7.18. The number of carbonyl (C=O) groups excluding carboxylic acids is 1. The summed E-state index contributed by atoms with van der Waals surface area (Å²) in [5.74, 6) is 0.383. The first-order chi connectivity index (χ1) is 11.9. The molecule has 1 saturated heterocycles. The molecule has 1 amide bonds. The van der Waals surface area contributed by atoms with Crippen molar-refractivity contribution in [1.29, 1.82) is 0 Å². The molecule has 0 radical (unpaired) electrons. The molecule has 0 N–H and O–H groups in total. The molecule has 3 rings (SSSR count). The number of benzene rings is 1. The van der Waals surface area contributed by atoms with Crippen molar-refractivity contribution in [3.8, 4) is 0 Å². The Morgan fingerprint density at radius 3 is 2.64 bits per heavy atom. The van der Waals surface area contributed by atoms with Crippen LogP contribution in [0, 0.1) is 25.6 Å². The summed E-state index contributed by atoms with van der Waals surface area (Å²) >= 11 is 6.14. The van der Waals surface area contributed by atoms with Crippen LogP contribution in [0.2, 0.25) is 5.02 Å². The lowest BCUT2D eigenvalue weighted by Gasteiger charge is -2.32. The number of hydrogen-bond acceptors (Lipinski definition) is 2. The number of halogens is 2. The smallest absolute Gasteiger partial charge is 0.244 e. The van der Waals surface area contributed by atoms with Crippen LogP contribution >= 0.6 is 11.6 Å². The lowest BCUT2D eigenvalue weighted by atomic mass is 9.90. The molecule has 6 heteroatoms. The average Bonchev–Trinajstić information content (AvgIpc) is 2.82. The lowest BCUT2D eigenvalue weighted by molar-refractivity contribution is -0.133. The highest BCUT2D eigenvalue weighted by Gasteiger charge is 2.24. The first-order valence-electron chi connectivity index (χ1n) is 8.65. The summed E-state index contributed by atoms with van der Waals surface area (Å²) in [6, 6.07) is 6.79. The zero-order valence-corrected chi connectivity index (χ0v) is 15.4. The van der Waals surface area contributed by atoms with E-state index in [0.717, 1.165) is 49.3 Å². The Hall–Kier alpha value is -1.88. The maximum absolute atomic E-state index is 13.3. The minimum absolute atomic E-state index is 0.0754. The molecule has 0 aliphatic carbocycles. The van der Waals surface area contributed by atoms with Crippen LogP contribution in [0.25, 0.3) is 0 Å². The molecule has 25 heavy (non-hydrogen) atoms. The molecule has 134 valence electrons. The zero-order valence-electron chi connectivity index (χ0n) is 14.6. The van der Waals surface area contributed by atoms with Crippen molar-refractivity contribution in [2.75, 3.05) is 13.1 Å². The van der Waals surface area contributed by atoms with Gasteiger partial charge in [0.15, 0.2) is 0 Å². The quantitative estimate of drug-likeness (QED) is 0.829. The predicted molar refractivity (Wildman–Crippen MR) is 96.1 cm³/mol. The largest absolute Gasteiger partial charge is 0.341 e. The molecular weight excluding hydrogens is 341 g/mol. The third-order valence-corrected chi connectivity index (χ3v) is 5.51. The summed E-state index contributed by atoms with van der Waals surface area (Å²) in [7, 11) is 0. The van der Waals surface area contributed by atoms with Crippen molar-refractivity contribution in [2.45, 2.75) is 39.7 Å². The number of amides is 1. The summed E-state index contributed by atoms with van der Waals surface area (Å²) in [4.78, 5) is 14.4. The Bertz CT molecular complexity index is 766. The van der Waals surface area contributed by atoms with Crippen molar-refractivity contribution in [2.24, 2.45) is 5.92 Å². The summed E-state index contributed by atoms with van der Waals surface area (Å²) in [5, 5.41) is 4.95. The van der Waals surface area contributed by atoms with Gasteiger partial charge in [-0.25, -0.2) is 4.39 Å². The fourth-order valence-corrected chi connectivity index (χ4v) is 3.58. The number of aryl methyl sites for hydroxylation is 1. The highest BCUT2D eigenvalue weighted by atomic mass is 35.5. The SMILES string of the molecule is Cc1nn(CC(=O)N2CCC(Cc3cccc(F)c3)CC2)c(C)c1Cl. The second-order valence-electron chi connectivity index (χ2n) is 6.80. The Labute approximate surface area is 152 Å². The van der Waals surface area contributed by atoms with Crippen LogP contribution in [0.4, 0.5) is 4.39 Å². The molecule has 4 nitrogen and oxygen atoms in total. The summed E-state index contributed by atoms with van der Waals surface area (Å²) in [5.41, 5.74) is 2.61. The van der Waals surface area contributed by atoms with E-state index in [-0.39, 0.29) is 18.3 Å². The molecule has 0 unspecified atom stereocenters. The Morgan fingerprint density at radius 2 is 2.04 bits per heavy atom. The van der Waals surface area contributed by atoms with E-state index in [0.29, 0.717) is 10.9 Å². The highest BCUT2D eigenvalue weighted by molar-refractivity contribution is 6.31. The summed E-state index contributed by atoms with van der Waals surface area (Å²) in [6.45, 7) is 5.43. The molecule has 0 atom stereocenters. The van der Waals surface area contributed by atoms with Crippen LogP contribution in [0.15, 0.2) is 24.3 Å². The molecule has 0 saturated carbocycles. The van der Waals surface area contributed by atoms with Gasteiger partial charge in [-0.2, -0.15) is 5.10 Å². The van der Waals surface area contributed by atoms with Crippen molar-refractivity contribution < 1.29 is 9.18 Å². The molecular formula is C19H23ClFN3O. The van der Waals surface area contributed by atoms with Gasteiger partial charge in [0.1, 0.15) is 12.4 Å². The van der Waals surface area contributed by atoms with E-state index in [9.17, 15) is 9.18 Å². The fourth-order valence-electron chi connectivity index (χ4n) is 3.44. The van der Waals surface area contributed by atoms with E-state index in [1.807, 2.05) is 24.8 Å². The van der Waals surface area contributed by atoms with E-state index in [1.54, 1.807) is 16.8 Å².